The number of anilines is 1. The molecule has 0 radical (unpaired) electrons. The molecule has 0 aromatic carbocycles. The van der Waals surface area contributed by atoms with Crippen LogP contribution in [-0.2, 0) is 0 Å². The van der Waals surface area contributed by atoms with Gasteiger partial charge in [-0.05, 0) is 11.5 Å². The molecule has 0 aliphatic rings. The minimum absolute atomic E-state index is 0.0159. The first-order chi connectivity index (χ1) is 7.83. The third-order valence-corrected chi connectivity index (χ3v) is 2.07. The third kappa shape index (κ3) is 3.90. The normalized spacial score (nSPS) is 12.6. The molecule has 1 aromatic heterocycles. The molecule has 0 fully saturated rings. The first-order valence-electron chi connectivity index (χ1n) is 5.35. The van der Waals surface area contributed by atoms with E-state index in [2.05, 4.69) is 35.9 Å². The number of hydrogen-bond donors (Lipinski definition) is 2. The lowest BCUT2D eigenvalue weighted by Gasteiger charge is -2.26. The van der Waals surface area contributed by atoms with Crippen LogP contribution in [0.2, 0.25) is 0 Å². The second kappa shape index (κ2) is 4.99. The Morgan fingerprint density at radius 2 is 2.18 bits per heavy atom. The van der Waals surface area contributed by atoms with E-state index in [1.807, 2.05) is 11.9 Å². The average molecular weight is 237 g/mol. The predicted octanol–water partition coefficient (Wildman–Crippen LogP) is 1.05. The summed E-state index contributed by atoms with van der Waals surface area (Å²) < 4.78 is 0. The van der Waals surface area contributed by atoms with Crippen molar-refractivity contribution in [3.05, 3.63) is 18.0 Å². The molecule has 6 nitrogen and oxygen atoms in total. The maximum atomic E-state index is 8.59. The van der Waals surface area contributed by atoms with E-state index in [1.54, 1.807) is 12.3 Å². The molecule has 94 valence electrons. The third-order valence-electron chi connectivity index (χ3n) is 2.07. The van der Waals surface area contributed by atoms with Crippen molar-refractivity contribution in [2.75, 3.05) is 18.5 Å². The Hall–Kier alpha value is -1.85. The Bertz CT molecular complexity index is 411. The molecule has 6 heteroatoms. The molecule has 0 atom stereocenters. The van der Waals surface area contributed by atoms with Gasteiger partial charge in [-0.15, -0.1) is 0 Å². The number of oxime groups is 1. The van der Waals surface area contributed by atoms with Crippen LogP contribution in [0.3, 0.4) is 0 Å². The van der Waals surface area contributed by atoms with Crippen LogP contribution in [-0.4, -0.2) is 34.6 Å². The van der Waals surface area contributed by atoms with Gasteiger partial charge in [0.25, 0.3) is 0 Å². The van der Waals surface area contributed by atoms with Gasteiger partial charge in [0, 0.05) is 19.8 Å². The van der Waals surface area contributed by atoms with Gasteiger partial charge < -0.3 is 15.8 Å². The van der Waals surface area contributed by atoms with Crippen LogP contribution < -0.4 is 10.6 Å². The Morgan fingerprint density at radius 1 is 1.53 bits per heavy atom. The maximum absolute atomic E-state index is 8.59. The number of hydrogen-bond acceptors (Lipinski definition) is 5. The monoisotopic (exact) mass is 237 g/mol. The van der Waals surface area contributed by atoms with Crippen LogP contribution >= 0.6 is 0 Å². The van der Waals surface area contributed by atoms with Crippen molar-refractivity contribution in [1.29, 1.82) is 0 Å². The highest BCUT2D eigenvalue weighted by molar-refractivity contribution is 5.95. The lowest BCUT2D eigenvalue weighted by molar-refractivity contribution is 0.318. The van der Waals surface area contributed by atoms with Crippen LogP contribution in [0.5, 0.6) is 0 Å². The van der Waals surface area contributed by atoms with E-state index >= 15 is 0 Å². The number of rotatable bonds is 3. The summed E-state index contributed by atoms with van der Waals surface area (Å²) in [5.41, 5.74) is 6.04. The van der Waals surface area contributed by atoms with E-state index in [0.717, 1.165) is 6.54 Å². The predicted molar refractivity (Wildman–Crippen MR) is 67.3 cm³/mol. The van der Waals surface area contributed by atoms with E-state index in [-0.39, 0.29) is 11.3 Å². The SMILES string of the molecule is CN(CC(C)(C)C)c1nccc(/C(N)=N/O)n1. The van der Waals surface area contributed by atoms with E-state index in [4.69, 9.17) is 10.9 Å². The minimum Gasteiger partial charge on any atom is -0.409 e. The second-order valence-corrected chi connectivity index (χ2v) is 5.14. The fourth-order valence-corrected chi connectivity index (χ4v) is 1.51. The highest BCUT2D eigenvalue weighted by atomic mass is 16.4. The van der Waals surface area contributed by atoms with Crippen LogP contribution in [0.15, 0.2) is 17.4 Å². The number of nitrogens with zero attached hydrogens (tertiary/aromatic N) is 4. The molecular formula is C11H19N5O. The minimum atomic E-state index is -0.0159. The van der Waals surface area contributed by atoms with Crippen LogP contribution in [0, 0.1) is 5.41 Å². The molecule has 0 saturated carbocycles. The van der Waals surface area contributed by atoms with Gasteiger partial charge in [-0.3, -0.25) is 0 Å². The van der Waals surface area contributed by atoms with Crippen molar-refractivity contribution >= 4 is 11.8 Å². The number of aromatic nitrogens is 2. The van der Waals surface area contributed by atoms with Gasteiger partial charge in [-0.2, -0.15) is 0 Å². The number of amidine groups is 1. The Balaban J connectivity index is 2.92. The van der Waals surface area contributed by atoms with Gasteiger partial charge in [0.1, 0.15) is 5.69 Å². The highest BCUT2D eigenvalue weighted by Crippen LogP contribution is 2.17. The fraction of sp³-hybridized carbons (Fsp3) is 0.545. The summed E-state index contributed by atoms with van der Waals surface area (Å²) in [4.78, 5) is 10.3. The average Bonchev–Trinajstić information content (AvgIpc) is 2.26. The topological polar surface area (TPSA) is 87.6 Å². The van der Waals surface area contributed by atoms with Crippen molar-refractivity contribution in [1.82, 2.24) is 9.97 Å². The Kier molecular flexibility index (Phi) is 3.88. The van der Waals surface area contributed by atoms with E-state index in [1.165, 1.54) is 0 Å². The molecule has 0 bridgehead atoms. The van der Waals surface area contributed by atoms with E-state index < -0.39 is 0 Å². The summed E-state index contributed by atoms with van der Waals surface area (Å²) in [7, 11) is 1.91. The first-order valence-corrected chi connectivity index (χ1v) is 5.35. The van der Waals surface area contributed by atoms with Gasteiger partial charge in [0.2, 0.25) is 5.95 Å². The Morgan fingerprint density at radius 3 is 2.71 bits per heavy atom. The second-order valence-electron chi connectivity index (χ2n) is 5.14. The van der Waals surface area contributed by atoms with Crippen molar-refractivity contribution in [3.8, 4) is 0 Å². The summed E-state index contributed by atoms with van der Waals surface area (Å²) in [6, 6.07) is 1.60. The van der Waals surface area contributed by atoms with Gasteiger partial charge in [-0.25, -0.2) is 9.97 Å². The lowest BCUT2D eigenvalue weighted by atomic mass is 9.96. The van der Waals surface area contributed by atoms with E-state index in [0.29, 0.717) is 11.6 Å². The van der Waals surface area contributed by atoms with Crippen LogP contribution in [0.4, 0.5) is 5.95 Å². The molecule has 0 unspecified atom stereocenters. The first kappa shape index (κ1) is 13.2. The molecule has 1 heterocycles. The van der Waals surface area contributed by atoms with Crippen LogP contribution in [0.1, 0.15) is 26.5 Å². The summed E-state index contributed by atoms with van der Waals surface area (Å²) in [6.45, 7) is 7.22. The van der Waals surface area contributed by atoms with Crippen LogP contribution in [0.25, 0.3) is 0 Å². The molecule has 1 rings (SSSR count). The molecule has 0 aliphatic heterocycles. The molecule has 0 saturated heterocycles. The van der Waals surface area contributed by atoms with Gasteiger partial charge >= 0.3 is 0 Å². The summed E-state index contributed by atoms with van der Waals surface area (Å²) >= 11 is 0. The van der Waals surface area contributed by atoms with Crippen molar-refractivity contribution in [2.45, 2.75) is 20.8 Å². The fourth-order valence-electron chi connectivity index (χ4n) is 1.51. The Labute approximate surface area is 101 Å². The lowest BCUT2D eigenvalue weighted by Crippen LogP contribution is -2.31. The molecule has 1 aromatic rings. The standard InChI is InChI=1S/C11H19N5O/c1-11(2,3)7-16(4)10-13-6-5-8(14-10)9(12)15-17/h5-6,17H,7H2,1-4H3,(H2,12,15). The van der Waals surface area contributed by atoms with Crippen molar-refractivity contribution < 1.29 is 5.21 Å². The quantitative estimate of drug-likeness (QED) is 0.355. The zero-order valence-corrected chi connectivity index (χ0v) is 10.7. The molecule has 3 N–H and O–H groups in total. The summed E-state index contributed by atoms with van der Waals surface area (Å²) in [5.74, 6) is 0.543. The molecule has 0 amide bonds. The van der Waals surface area contributed by atoms with E-state index in [9.17, 15) is 0 Å². The molecule has 0 spiro atoms. The number of nitrogens with two attached hydrogens (primary N) is 1. The molecule has 17 heavy (non-hydrogen) atoms. The maximum Gasteiger partial charge on any atom is 0.225 e. The van der Waals surface area contributed by atoms with Gasteiger partial charge in [-0.1, -0.05) is 25.9 Å². The largest absolute Gasteiger partial charge is 0.409 e. The zero-order chi connectivity index (χ0) is 13.1. The smallest absolute Gasteiger partial charge is 0.225 e. The zero-order valence-electron chi connectivity index (χ0n) is 10.7. The van der Waals surface area contributed by atoms with Gasteiger partial charge in [0.05, 0.1) is 0 Å². The highest BCUT2D eigenvalue weighted by Gasteiger charge is 2.16. The molecular weight excluding hydrogens is 218 g/mol. The molecule has 0 aliphatic carbocycles. The summed E-state index contributed by atoms with van der Waals surface area (Å²) in [5, 5.41) is 11.5. The van der Waals surface area contributed by atoms with Crippen molar-refractivity contribution in [3.63, 3.8) is 0 Å². The van der Waals surface area contributed by atoms with Gasteiger partial charge in [0.15, 0.2) is 5.84 Å². The summed E-state index contributed by atoms with van der Waals surface area (Å²) in [6.07, 6.45) is 1.59. The van der Waals surface area contributed by atoms with Crippen molar-refractivity contribution in [2.24, 2.45) is 16.3 Å².